The van der Waals surface area contributed by atoms with E-state index >= 15 is 0 Å². The van der Waals surface area contributed by atoms with E-state index in [9.17, 15) is 14.9 Å². The number of rotatable bonds is 5. The third-order valence-corrected chi connectivity index (χ3v) is 4.48. The molecule has 0 aromatic heterocycles. The molecule has 6 nitrogen and oxygen atoms in total. The first-order chi connectivity index (χ1) is 12.1. The fraction of sp³-hybridized carbons (Fsp3) is 0.316. The third-order valence-electron chi connectivity index (χ3n) is 4.48. The Morgan fingerprint density at radius 1 is 1.16 bits per heavy atom. The molecule has 3 rings (SSSR count). The van der Waals surface area contributed by atoms with Crippen LogP contribution in [0.2, 0.25) is 0 Å². The summed E-state index contributed by atoms with van der Waals surface area (Å²) >= 11 is 0. The number of benzene rings is 2. The van der Waals surface area contributed by atoms with Gasteiger partial charge in [-0.3, -0.25) is 14.9 Å². The van der Waals surface area contributed by atoms with Gasteiger partial charge in [-0.15, -0.1) is 0 Å². The number of nitro groups is 1. The van der Waals surface area contributed by atoms with Crippen molar-refractivity contribution in [2.24, 2.45) is 0 Å². The van der Waals surface area contributed by atoms with E-state index in [0.717, 1.165) is 31.5 Å². The fourth-order valence-corrected chi connectivity index (χ4v) is 3.18. The minimum atomic E-state index is -0.401. The zero-order chi connectivity index (χ0) is 17.8. The van der Waals surface area contributed by atoms with Gasteiger partial charge < -0.3 is 9.80 Å². The molecule has 0 N–H and O–H groups in total. The van der Waals surface area contributed by atoms with E-state index < -0.39 is 4.92 Å². The van der Waals surface area contributed by atoms with Crippen LogP contribution in [0, 0.1) is 10.1 Å². The van der Waals surface area contributed by atoms with Crippen LogP contribution < -0.4 is 4.90 Å². The predicted octanol–water partition coefficient (Wildman–Crippen LogP) is 3.47. The number of carbonyl (C=O) groups is 1. The molecular weight excluding hydrogens is 318 g/mol. The Morgan fingerprint density at radius 2 is 1.84 bits per heavy atom. The van der Waals surface area contributed by atoms with Crippen molar-refractivity contribution in [1.29, 1.82) is 0 Å². The van der Waals surface area contributed by atoms with E-state index in [4.69, 9.17) is 0 Å². The number of nitro benzene ring substituents is 1. The van der Waals surface area contributed by atoms with E-state index in [1.54, 1.807) is 24.1 Å². The van der Waals surface area contributed by atoms with Crippen molar-refractivity contribution in [3.05, 3.63) is 69.8 Å². The number of hydrogen-bond acceptors (Lipinski definition) is 4. The Labute approximate surface area is 146 Å². The second kappa shape index (κ2) is 7.34. The molecule has 1 saturated heterocycles. The molecule has 2 aromatic rings. The van der Waals surface area contributed by atoms with Gasteiger partial charge >= 0.3 is 0 Å². The molecule has 1 fully saturated rings. The van der Waals surface area contributed by atoms with Crippen molar-refractivity contribution in [3.8, 4) is 0 Å². The number of nitrogens with zero attached hydrogens (tertiary/aromatic N) is 3. The van der Waals surface area contributed by atoms with Crippen molar-refractivity contribution >= 4 is 17.3 Å². The quantitative estimate of drug-likeness (QED) is 0.618. The summed E-state index contributed by atoms with van der Waals surface area (Å²) in [4.78, 5) is 27.3. The molecule has 1 amide bonds. The summed E-state index contributed by atoms with van der Waals surface area (Å²) in [6.45, 7) is 2.10. The zero-order valence-corrected chi connectivity index (χ0v) is 14.2. The molecule has 1 heterocycles. The van der Waals surface area contributed by atoms with Crippen molar-refractivity contribution in [2.75, 3.05) is 25.0 Å². The van der Waals surface area contributed by atoms with Crippen LogP contribution in [-0.2, 0) is 6.54 Å². The maximum Gasteiger partial charge on any atom is 0.293 e. The van der Waals surface area contributed by atoms with E-state index in [1.165, 1.54) is 6.07 Å². The van der Waals surface area contributed by atoms with Crippen LogP contribution in [0.1, 0.15) is 28.8 Å². The van der Waals surface area contributed by atoms with Crippen LogP contribution >= 0.6 is 0 Å². The van der Waals surface area contributed by atoms with Crippen LogP contribution in [0.3, 0.4) is 0 Å². The van der Waals surface area contributed by atoms with Crippen molar-refractivity contribution in [1.82, 2.24) is 4.90 Å². The molecule has 0 atom stereocenters. The molecule has 1 aliphatic heterocycles. The van der Waals surface area contributed by atoms with Crippen molar-refractivity contribution in [3.63, 3.8) is 0 Å². The SMILES string of the molecule is CN(Cc1ccccc1)C(=O)c1ccc(N2CCCC2)c([N+](=O)[O-])c1. The summed E-state index contributed by atoms with van der Waals surface area (Å²) in [6, 6.07) is 14.4. The average molecular weight is 339 g/mol. The lowest BCUT2D eigenvalue weighted by Gasteiger charge is -2.20. The molecule has 0 aliphatic carbocycles. The smallest absolute Gasteiger partial charge is 0.293 e. The van der Waals surface area contributed by atoms with Gasteiger partial charge in [-0.05, 0) is 30.5 Å². The average Bonchev–Trinajstić information content (AvgIpc) is 3.16. The second-order valence-corrected chi connectivity index (χ2v) is 6.30. The Bertz CT molecular complexity index is 771. The minimum Gasteiger partial charge on any atom is -0.366 e. The fourth-order valence-electron chi connectivity index (χ4n) is 3.18. The van der Waals surface area contributed by atoms with Crippen LogP contribution in [0.5, 0.6) is 0 Å². The molecule has 0 bridgehead atoms. The highest BCUT2D eigenvalue weighted by Gasteiger charge is 2.24. The molecular formula is C19H21N3O3. The molecule has 25 heavy (non-hydrogen) atoms. The summed E-state index contributed by atoms with van der Waals surface area (Å²) in [6.07, 6.45) is 2.08. The van der Waals surface area contributed by atoms with Gasteiger partial charge in [0.05, 0.1) is 4.92 Å². The molecule has 0 spiro atoms. The molecule has 6 heteroatoms. The Morgan fingerprint density at radius 3 is 2.48 bits per heavy atom. The number of hydrogen-bond donors (Lipinski definition) is 0. The molecule has 0 saturated carbocycles. The molecule has 0 unspecified atom stereocenters. The zero-order valence-electron chi connectivity index (χ0n) is 14.2. The van der Waals surface area contributed by atoms with Gasteiger partial charge in [0.1, 0.15) is 5.69 Å². The Balaban J connectivity index is 1.82. The van der Waals surface area contributed by atoms with Gasteiger partial charge in [-0.2, -0.15) is 0 Å². The summed E-state index contributed by atoms with van der Waals surface area (Å²) in [5.74, 6) is -0.222. The molecule has 1 aliphatic rings. The Kier molecular flexibility index (Phi) is 4.97. The molecule has 130 valence electrons. The standard InChI is InChI=1S/C19H21N3O3/c1-20(14-15-7-3-2-4-8-15)19(23)16-9-10-17(18(13-16)22(24)25)21-11-5-6-12-21/h2-4,7-10,13H,5-6,11-12,14H2,1H3. The summed E-state index contributed by atoms with van der Waals surface area (Å²) in [5, 5.41) is 11.5. The third kappa shape index (κ3) is 3.79. The summed E-state index contributed by atoms with van der Waals surface area (Å²) in [5.41, 5.74) is 1.96. The van der Waals surface area contributed by atoms with Crippen molar-refractivity contribution in [2.45, 2.75) is 19.4 Å². The van der Waals surface area contributed by atoms with E-state index in [1.807, 2.05) is 35.2 Å². The van der Waals surface area contributed by atoms with Gasteiger partial charge in [-0.25, -0.2) is 0 Å². The first-order valence-electron chi connectivity index (χ1n) is 8.39. The second-order valence-electron chi connectivity index (χ2n) is 6.30. The van der Waals surface area contributed by atoms with Gasteiger partial charge in [0.15, 0.2) is 0 Å². The minimum absolute atomic E-state index is 0.000797. The number of anilines is 1. The number of amides is 1. The lowest BCUT2D eigenvalue weighted by molar-refractivity contribution is -0.384. The Hall–Kier alpha value is -2.89. The molecule has 0 radical (unpaired) electrons. The van der Waals surface area contributed by atoms with Crippen molar-refractivity contribution < 1.29 is 9.72 Å². The lowest BCUT2D eigenvalue weighted by Crippen LogP contribution is -2.26. The first-order valence-corrected chi connectivity index (χ1v) is 8.39. The van der Waals surface area contributed by atoms with E-state index in [0.29, 0.717) is 17.8 Å². The normalized spacial score (nSPS) is 13.7. The van der Waals surface area contributed by atoms with Gasteiger partial charge in [0, 0.05) is 38.3 Å². The van der Waals surface area contributed by atoms with E-state index in [2.05, 4.69) is 0 Å². The van der Waals surface area contributed by atoms with Gasteiger partial charge in [-0.1, -0.05) is 30.3 Å². The van der Waals surface area contributed by atoms with Gasteiger partial charge in [0.25, 0.3) is 11.6 Å². The highest BCUT2D eigenvalue weighted by Crippen LogP contribution is 2.32. The first kappa shape index (κ1) is 17.0. The largest absolute Gasteiger partial charge is 0.366 e. The van der Waals surface area contributed by atoms with Crippen LogP contribution in [0.15, 0.2) is 48.5 Å². The maximum absolute atomic E-state index is 12.6. The summed E-state index contributed by atoms with van der Waals surface area (Å²) in [7, 11) is 1.70. The van der Waals surface area contributed by atoms with Crippen LogP contribution in [0.4, 0.5) is 11.4 Å². The van der Waals surface area contributed by atoms with Crippen LogP contribution in [-0.4, -0.2) is 35.9 Å². The molecule has 2 aromatic carbocycles. The predicted molar refractivity (Wildman–Crippen MR) is 96.8 cm³/mol. The number of carbonyl (C=O) groups excluding carboxylic acids is 1. The highest BCUT2D eigenvalue weighted by molar-refractivity contribution is 5.95. The summed E-state index contributed by atoms with van der Waals surface area (Å²) < 4.78 is 0. The highest BCUT2D eigenvalue weighted by atomic mass is 16.6. The van der Waals surface area contributed by atoms with Gasteiger partial charge in [0.2, 0.25) is 0 Å². The monoisotopic (exact) mass is 339 g/mol. The van der Waals surface area contributed by atoms with Crippen LogP contribution in [0.25, 0.3) is 0 Å². The lowest BCUT2D eigenvalue weighted by atomic mass is 10.1. The van der Waals surface area contributed by atoms with E-state index in [-0.39, 0.29) is 11.6 Å². The maximum atomic E-state index is 12.6. The topological polar surface area (TPSA) is 66.7 Å².